The molecule has 0 aromatic heterocycles. The number of carbonyl (C=O) groups is 1. The van der Waals surface area contributed by atoms with E-state index in [1.807, 2.05) is 0 Å². The van der Waals surface area contributed by atoms with Crippen molar-refractivity contribution in [1.82, 2.24) is 0 Å². The Kier molecular flexibility index (Phi) is 3.06. The van der Waals surface area contributed by atoms with E-state index in [-0.39, 0.29) is 24.2 Å². The third-order valence-corrected chi connectivity index (χ3v) is 1.97. The predicted octanol–water partition coefficient (Wildman–Crippen LogP) is 1.86. The van der Waals surface area contributed by atoms with Gasteiger partial charge in [-0.25, -0.2) is 4.39 Å². The first-order valence-electron chi connectivity index (χ1n) is 4.20. The second-order valence-corrected chi connectivity index (χ2v) is 3.12. The zero-order valence-electron chi connectivity index (χ0n) is 7.75. The van der Waals surface area contributed by atoms with Crippen LogP contribution in [0.2, 0.25) is 0 Å². The fraction of sp³-hybridized carbons (Fsp3) is 0.300. The largest absolute Gasteiger partial charge is 0.508 e. The minimum atomic E-state index is -0.982. The Morgan fingerprint density at radius 1 is 1.50 bits per heavy atom. The van der Waals surface area contributed by atoms with Crippen molar-refractivity contribution in [1.29, 1.82) is 0 Å². The number of benzene rings is 1. The summed E-state index contributed by atoms with van der Waals surface area (Å²) < 4.78 is 13.2. The molecule has 0 saturated heterocycles. The smallest absolute Gasteiger partial charge is 0.303 e. The SMILES string of the molecule is Cc1cc(F)c(CCC(=O)O)cc1O. The maximum atomic E-state index is 13.2. The van der Waals surface area contributed by atoms with Gasteiger partial charge in [0, 0.05) is 6.42 Å². The van der Waals surface area contributed by atoms with Crippen LogP contribution in [0.5, 0.6) is 5.75 Å². The monoisotopic (exact) mass is 198 g/mol. The van der Waals surface area contributed by atoms with Crippen molar-refractivity contribution in [3.63, 3.8) is 0 Å². The Labute approximate surface area is 80.8 Å². The van der Waals surface area contributed by atoms with Crippen molar-refractivity contribution >= 4 is 5.97 Å². The summed E-state index contributed by atoms with van der Waals surface area (Å²) in [4.78, 5) is 10.3. The van der Waals surface area contributed by atoms with Gasteiger partial charge in [0.1, 0.15) is 11.6 Å². The molecule has 0 aliphatic heterocycles. The van der Waals surface area contributed by atoms with E-state index in [0.29, 0.717) is 5.56 Å². The van der Waals surface area contributed by atoms with E-state index >= 15 is 0 Å². The molecule has 0 unspecified atom stereocenters. The Hall–Kier alpha value is -1.58. The summed E-state index contributed by atoms with van der Waals surface area (Å²) in [5.74, 6) is -1.46. The molecule has 3 nitrogen and oxygen atoms in total. The molecule has 0 heterocycles. The van der Waals surface area contributed by atoms with Gasteiger partial charge in [-0.05, 0) is 36.6 Å². The zero-order valence-corrected chi connectivity index (χ0v) is 7.75. The zero-order chi connectivity index (χ0) is 10.7. The summed E-state index contributed by atoms with van der Waals surface area (Å²) in [5, 5.41) is 17.7. The molecule has 14 heavy (non-hydrogen) atoms. The normalized spacial score (nSPS) is 10.1. The second kappa shape index (κ2) is 4.09. The van der Waals surface area contributed by atoms with E-state index in [0.717, 1.165) is 0 Å². The maximum absolute atomic E-state index is 13.2. The number of phenols is 1. The van der Waals surface area contributed by atoms with Crippen LogP contribution in [0.1, 0.15) is 17.5 Å². The van der Waals surface area contributed by atoms with E-state index < -0.39 is 11.8 Å². The number of hydrogen-bond donors (Lipinski definition) is 2. The number of aromatic hydroxyl groups is 1. The molecule has 0 aliphatic carbocycles. The van der Waals surface area contributed by atoms with Crippen molar-refractivity contribution in [3.05, 3.63) is 29.1 Å². The number of halogens is 1. The van der Waals surface area contributed by atoms with E-state index in [1.54, 1.807) is 6.92 Å². The van der Waals surface area contributed by atoms with E-state index in [1.165, 1.54) is 12.1 Å². The van der Waals surface area contributed by atoms with Gasteiger partial charge in [-0.15, -0.1) is 0 Å². The standard InChI is InChI=1S/C10H11FO3/c1-6-4-8(11)7(5-9(6)12)2-3-10(13)14/h4-5,12H,2-3H2,1H3,(H,13,14). The highest BCUT2D eigenvalue weighted by molar-refractivity contribution is 5.67. The van der Waals surface area contributed by atoms with E-state index in [4.69, 9.17) is 5.11 Å². The topological polar surface area (TPSA) is 57.5 Å². The van der Waals surface area contributed by atoms with Crippen LogP contribution in [-0.2, 0) is 11.2 Å². The molecular formula is C10H11FO3. The average Bonchev–Trinajstić information content (AvgIpc) is 2.09. The van der Waals surface area contributed by atoms with Crippen LogP contribution in [0.4, 0.5) is 4.39 Å². The number of hydrogen-bond acceptors (Lipinski definition) is 2. The fourth-order valence-electron chi connectivity index (χ4n) is 1.14. The summed E-state index contributed by atoms with van der Waals surface area (Å²) in [7, 11) is 0. The summed E-state index contributed by atoms with van der Waals surface area (Å²) >= 11 is 0. The fourth-order valence-corrected chi connectivity index (χ4v) is 1.14. The molecule has 0 saturated carbocycles. The molecule has 1 aromatic carbocycles. The van der Waals surface area contributed by atoms with Crippen LogP contribution in [0.3, 0.4) is 0 Å². The van der Waals surface area contributed by atoms with Crippen molar-refractivity contribution in [2.24, 2.45) is 0 Å². The molecule has 1 rings (SSSR count). The molecule has 0 atom stereocenters. The predicted molar refractivity (Wildman–Crippen MR) is 48.8 cm³/mol. The summed E-state index contributed by atoms with van der Waals surface area (Å²) in [5.41, 5.74) is 0.678. The molecule has 0 bridgehead atoms. The van der Waals surface area contributed by atoms with Crippen LogP contribution in [0, 0.1) is 12.7 Å². The van der Waals surface area contributed by atoms with Gasteiger partial charge in [-0.2, -0.15) is 0 Å². The first kappa shape index (κ1) is 10.5. The first-order valence-corrected chi connectivity index (χ1v) is 4.20. The van der Waals surface area contributed by atoms with Crippen LogP contribution in [0.15, 0.2) is 12.1 Å². The summed E-state index contributed by atoms with van der Waals surface area (Å²) in [6.45, 7) is 1.58. The molecule has 0 radical (unpaired) electrons. The molecule has 4 heteroatoms. The molecule has 1 aromatic rings. The van der Waals surface area contributed by atoms with Gasteiger partial charge >= 0.3 is 5.97 Å². The minimum absolute atomic E-state index is 0.00760. The van der Waals surface area contributed by atoms with Crippen molar-refractivity contribution < 1.29 is 19.4 Å². The third kappa shape index (κ3) is 2.45. The van der Waals surface area contributed by atoms with E-state index in [2.05, 4.69) is 0 Å². The van der Waals surface area contributed by atoms with E-state index in [9.17, 15) is 14.3 Å². The Morgan fingerprint density at radius 3 is 2.71 bits per heavy atom. The number of aryl methyl sites for hydroxylation is 2. The van der Waals surface area contributed by atoms with Gasteiger partial charge in [0.15, 0.2) is 0 Å². The molecule has 0 aliphatic rings. The number of carboxylic acid groups (broad SMARTS) is 1. The van der Waals surface area contributed by atoms with Gasteiger partial charge in [0.05, 0.1) is 0 Å². The van der Waals surface area contributed by atoms with Gasteiger partial charge in [-0.1, -0.05) is 0 Å². The molecule has 2 N–H and O–H groups in total. The van der Waals surface area contributed by atoms with Crippen molar-refractivity contribution in [2.45, 2.75) is 19.8 Å². The average molecular weight is 198 g/mol. The quantitative estimate of drug-likeness (QED) is 0.779. The highest BCUT2D eigenvalue weighted by Gasteiger charge is 2.08. The molecule has 76 valence electrons. The van der Waals surface area contributed by atoms with Crippen LogP contribution < -0.4 is 0 Å². The lowest BCUT2D eigenvalue weighted by atomic mass is 10.1. The first-order chi connectivity index (χ1) is 6.50. The maximum Gasteiger partial charge on any atom is 0.303 e. The molecule has 0 amide bonds. The Balaban J connectivity index is 2.87. The van der Waals surface area contributed by atoms with Gasteiger partial charge < -0.3 is 10.2 Å². The number of phenolic OH excluding ortho intramolecular Hbond substituents is 1. The lowest BCUT2D eigenvalue weighted by Gasteiger charge is -2.04. The highest BCUT2D eigenvalue weighted by atomic mass is 19.1. The minimum Gasteiger partial charge on any atom is -0.508 e. The highest BCUT2D eigenvalue weighted by Crippen LogP contribution is 2.21. The van der Waals surface area contributed by atoms with Crippen LogP contribution in [-0.4, -0.2) is 16.2 Å². The Bertz CT molecular complexity index is 361. The van der Waals surface area contributed by atoms with Gasteiger partial charge in [0.25, 0.3) is 0 Å². The lowest BCUT2D eigenvalue weighted by molar-refractivity contribution is -0.136. The van der Waals surface area contributed by atoms with Crippen LogP contribution in [0.25, 0.3) is 0 Å². The number of carboxylic acids is 1. The number of rotatable bonds is 3. The third-order valence-electron chi connectivity index (χ3n) is 1.97. The molecular weight excluding hydrogens is 187 g/mol. The van der Waals surface area contributed by atoms with Gasteiger partial charge in [-0.3, -0.25) is 4.79 Å². The Morgan fingerprint density at radius 2 is 2.14 bits per heavy atom. The van der Waals surface area contributed by atoms with Crippen LogP contribution >= 0.6 is 0 Å². The van der Waals surface area contributed by atoms with Crippen molar-refractivity contribution in [2.75, 3.05) is 0 Å². The number of aliphatic carboxylic acids is 1. The van der Waals surface area contributed by atoms with Gasteiger partial charge in [0.2, 0.25) is 0 Å². The molecule has 0 fully saturated rings. The van der Waals surface area contributed by atoms with Crippen molar-refractivity contribution in [3.8, 4) is 5.75 Å². The summed E-state index contributed by atoms with van der Waals surface area (Å²) in [6, 6.07) is 2.47. The second-order valence-electron chi connectivity index (χ2n) is 3.12. The summed E-state index contributed by atoms with van der Waals surface area (Å²) in [6.07, 6.45) is -0.0472. The lowest BCUT2D eigenvalue weighted by Crippen LogP contribution is -1.99. The molecule has 0 spiro atoms.